The number of amides is 2. The van der Waals surface area contributed by atoms with E-state index >= 15 is 0 Å². The standard InChI is InChI=1S/C12H11F3N2O3/c13-8-4-7(1-2-9(8)20-12(14)15)17-11(19)6-3-10(18)16-5-6/h1-2,4,6,12H,3,5H2,(H,16,18)(H,17,19). The summed E-state index contributed by atoms with van der Waals surface area (Å²) < 4.78 is 41.3. The van der Waals surface area contributed by atoms with Crippen molar-refractivity contribution in [3.05, 3.63) is 24.0 Å². The van der Waals surface area contributed by atoms with Gasteiger partial charge in [-0.3, -0.25) is 9.59 Å². The summed E-state index contributed by atoms with van der Waals surface area (Å²) in [5, 5.41) is 4.91. The average molecular weight is 288 g/mol. The van der Waals surface area contributed by atoms with Crippen LogP contribution in [0.1, 0.15) is 6.42 Å². The molecule has 0 aliphatic carbocycles. The first-order chi connectivity index (χ1) is 9.45. The van der Waals surface area contributed by atoms with Gasteiger partial charge in [0.25, 0.3) is 0 Å². The Morgan fingerprint density at radius 1 is 1.45 bits per heavy atom. The van der Waals surface area contributed by atoms with Crippen molar-refractivity contribution >= 4 is 17.5 Å². The second-order valence-electron chi connectivity index (χ2n) is 4.22. The lowest BCUT2D eigenvalue weighted by molar-refractivity contribution is -0.123. The molecule has 8 heteroatoms. The van der Waals surface area contributed by atoms with Crippen LogP contribution < -0.4 is 15.4 Å². The van der Waals surface area contributed by atoms with E-state index in [4.69, 9.17) is 0 Å². The highest BCUT2D eigenvalue weighted by atomic mass is 19.3. The molecule has 2 N–H and O–H groups in total. The average Bonchev–Trinajstić information content (AvgIpc) is 2.79. The van der Waals surface area contributed by atoms with E-state index in [-0.39, 0.29) is 24.6 Å². The third-order valence-corrected chi connectivity index (χ3v) is 2.76. The second-order valence-corrected chi connectivity index (χ2v) is 4.22. The van der Waals surface area contributed by atoms with Crippen LogP contribution in [0.25, 0.3) is 0 Å². The molecule has 20 heavy (non-hydrogen) atoms. The van der Waals surface area contributed by atoms with Crippen LogP contribution in [0.4, 0.5) is 18.9 Å². The lowest BCUT2D eigenvalue weighted by Crippen LogP contribution is -2.24. The van der Waals surface area contributed by atoms with E-state index in [2.05, 4.69) is 15.4 Å². The SMILES string of the molecule is O=C1CC(C(=O)Nc2ccc(OC(F)F)c(F)c2)CN1. The molecule has 0 spiro atoms. The fourth-order valence-electron chi connectivity index (χ4n) is 1.81. The highest BCUT2D eigenvalue weighted by Crippen LogP contribution is 2.23. The molecule has 1 saturated heterocycles. The summed E-state index contributed by atoms with van der Waals surface area (Å²) in [6.07, 6.45) is 0.0703. The zero-order valence-corrected chi connectivity index (χ0v) is 10.2. The van der Waals surface area contributed by atoms with E-state index in [0.29, 0.717) is 0 Å². The molecular weight excluding hydrogens is 277 g/mol. The van der Waals surface area contributed by atoms with Crippen LogP contribution >= 0.6 is 0 Å². The van der Waals surface area contributed by atoms with Crippen LogP contribution in [0.5, 0.6) is 5.75 Å². The topological polar surface area (TPSA) is 67.4 Å². The zero-order valence-electron chi connectivity index (χ0n) is 10.2. The summed E-state index contributed by atoms with van der Waals surface area (Å²) in [5.74, 6) is -2.80. The number of hydrogen-bond acceptors (Lipinski definition) is 3. The number of carbonyl (C=O) groups is 2. The largest absolute Gasteiger partial charge is 0.432 e. The van der Waals surface area contributed by atoms with E-state index in [1.54, 1.807) is 0 Å². The van der Waals surface area contributed by atoms with Crippen LogP contribution in [0.2, 0.25) is 0 Å². The van der Waals surface area contributed by atoms with Gasteiger partial charge < -0.3 is 15.4 Å². The van der Waals surface area contributed by atoms with Crippen molar-refractivity contribution in [3.63, 3.8) is 0 Å². The number of nitrogens with one attached hydrogen (secondary N) is 2. The molecule has 0 saturated carbocycles. The summed E-state index contributed by atoms with van der Waals surface area (Å²) in [6, 6.07) is 3.11. The summed E-state index contributed by atoms with van der Waals surface area (Å²) in [4.78, 5) is 22.7. The molecule has 1 fully saturated rings. The number of carbonyl (C=O) groups excluding carboxylic acids is 2. The maximum atomic E-state index is 13.4. The van der Waals surface area contributed by atoms with Crippen molar-refractivity contribution in [2.24, 2.45) is 5.92 Å². The van der Waals surface area contributed by atoms with E-state index in [0.717, 1.165) is 12.1 Å². The summed E-state index contributed by atoms with van der Waals surface area (Å²) >= 11 is 0. The highest BCUT2D eigenvalue weighted by Gasteiger charge is 2.28. The van der Waals surface area contributed by atoms with Gasteiger partial charge in [-0.1, -0.05) is 0 Å². The van der Waals surface area contributed by atoms with Gasteiger partial charge in [-0.25, -0.2) is 4.39 Å². The predicted octanol–water partition coefficient (Wildman–Crippen LogP) is 1.50. The molecule has 1 aliphatic heterocycles. The third kappa shape index (κ3) is 3.40. The van der Waals surface area contributed by atoms with Gasteiger partial charge in [-0.2, -0.15) is 8.78 Å². The van der Waals surface area contributed by atoms with Crippen LogP contribution in [0.3, 0.4) is 0 Å². The van der Waals surface area contributed by atoms with Crippen LogP contribution in [-0.2, 0) is 9.59 Å². The highest BCUT2D eigenvalue weighted by molar-refractivity contribution is 5.97. The quantitative estimate of drug-likeness (QED) is 0.882. The van der Waals surface area contributed by atoms with Crippen molar-refractivity contribution in [1.29, 1.82) is 0 Å². The van der Waals surface area contributed by atoms with Gasteiger partial charge in [0.1, 0.15) is 0 Å². The molecule has 1 aromatic carbocycles. The molecule has 108 valence electrons. The Balaban J connectivity index is 2.01. The zero-order chi connectivity index (χ0) is 14.7. The Hall–Kier alpha value is -2.25. The van der Waals surface area contributed by atoms with Crippen molar-refractivity contribution in [2.45, 2.75) is 13.0 Å². The van der Waals surface area contributed by atoms with Gasteiger partial charge in [0.15, 0.2) is 11.6 Å². The number of rotatable bonds is 4. The lowest BCUT2D eigenvalue weighted by Gasteiger charge is -2.11. The Bertz CT molecular complexity index is 537. The first kappa shape index (κ1) is 14.2. The summed E-state index contributed by atoms with van der Waals surface area (Å²) in [5.41, 5.74) is 0.105. The first-order valence-electron chi connectivity index (χ1n) is 5.77. The molecule has 1 heterocycles. The minimum atomic E-state index is -3.12. The number of benzene rings is 1. The number of hydrogen-bond donors (Lipinski definition) is 2. The minimum Gasteiger partial charge on any atom is -0.432 e. The maximum absolute atomic E-state index is 13.4. The van der Waals surface area contributed by atoms with Crippen molar-refractivity contribution < 1.29 is 27.5 Å². The van der Waals surface area contributed by atoms with Gasteiger partial charge in [0.2, 0.25) is 11.8 Å². The normalized spacial score (nSPS) is 18.0. The van der Waals surface area contributed by atoms with Crippen LogP contribution in [-0.4, -0.2) is 25.0 Å². The molecule has 1 aliphatic rings. The van der Waals surface area contributed by atoms with Gasteiger partial charge in [-0.05, 0) is 12.1 Å². The fourth-order valence-corrected chi connectivity index (χ4v) is 1.81. The smallest absolute Gasteiger partial charge is 0.387 e. The molecule has 5 nitrogen and oxygen atoms in total. The van der Waals surface area contributed by atoms with Crippen LogP contribution in [0.15, 0.2) is 18.2 Å². The number of anilines is 1. The molecule has 0 bridgehead atoms. The second kappa shape index (κ2) is 5.81. The van der Waals surface area contributed by atoms with Crippen molar-refractivity contribution in [1.82, 2.24) is 5.32 Å². The predicted molar refractivity (Wildman–Crippen MR) is 62.8 cm³/mol. The monoisotopic (exact) mass is 288 g/mol. The minimum absolute atomic E-state index is 0.0703. The van der Waals surface area contributed by atoms with Crippen molar-refractivity contribution in [3.8, 4) is 5.75 Å². The number of ether oxygens (including phenoxy) is 1. The number of halogens is 3. The Labute approximate surface area is 112 Å². The molecule has 2 amide bonds. The van der Waals surface area contributed by atoms with E-state index in [1.807, 2.05) is 0 Å². The van der Waals surface area contributed by atoms with Gasteiger partial charge in [-0.15, -0.1) is 0 Å². The molecular formula is C12H11F3N2O3. The van der Waals surface area contributed by atoms with Gasteiger partial charge in [0.05, 0.1) is 5.92 Å². The molecule has 0 aromatic heterocycles. The van der Waals surface area contributed by atoms with Crippen LogP contribution in [0, 0.1) is 11.7 Å². The van der Waals surface area contributed by atoms with Gasteiger partial charge >= 0.3 is 6.61 Å². The maximum Gasteiger partial charge on any atom is 0.387 e. The molecule has 1 aromatic rings. The molecule has 1 unspecified atom stereocenters. The van der Waals surface area contributed by atoms with E-state index < -0.39 is 30.0 Å². The summed E-state index contributed by atoms with van der Waals surface area (Å²) in [7, 11) is 0. The van der Waals surface area contributed by atoms with Gasteiger partial charge in [0, 0.05) is 24.7 Å². The Morgan fingerprint density at radius 3 is 2.75 bits per heavy atom. The van der Waals surface area contributed by atoms with E-state index in [1.165, 1.54) is 6.07 Å². The molecule has 1 atom stereocenters. The van der Waals surface area contributed by atoms with Crippen molar-refractivity contribution in [2.75, 3.05) is 11.9 Å². The Kier molecular flexibility index (Phi) is 4.11. The molecule has 0 radical (unpaired) electrons. The summed E-state index contributed by atoms with van der Waals surface area (Å²) in [6.45, 7) is -2.90. The molecule has 2 rings (SSSR count). The Morgan fingerprint density at radius 2 is 2.20 bits per heavy atom. The fraction of sp³-hybridized carbons (Fsp3) is 0.333. The third-order valence-electron chi connectivity index (χ3n) is 2.76. The number of alkyl halides is 2. The first-order valence-corrected chi connectivity index (χ1v) is 5.77. The van der Waals surface area contributed by atoms with E-state index in [9.17, 15) is 22.8 Å². The lowest BCUT2D eigenvalue weighted by atomic mass is 10.1.